The Kier molecular flexibility index (Phi) is 6.00. The van der Waals surface area contributed by atoms with Gasteiger partial charge in [0.2, 0.25) is 5.89 Å². The van der Waals surface area contributed by atoms with Crippen molar-refractivity contribution in [2.45, 2.75) is 0 Å². The molecule has 0 aliphatic heterocycles. The second-order valence-electron chi connectivity index (χ2n) is 11.2. The molecule has 2 heterocycles. The summed E-state index contributed by atoms with van der Waals surface area (Å²) in [7, 11) is 0. The van der Waals surface area contributed by atoms with Crippen LogP contribution < -0.4 is 4.90 Å². The van der Waals surface area contributed by atoms with Crippen LogP contribution in [0.3, 0.4) is 0 Å². The highest BCUT2D eigenvalue weighted by molar-refractivity contribution is 7.25. The number of thiophene rings is 1. The molecule has 45 heavy (non-hydrogen) atoms. The summed E-state index contributed by atoms with van der Waals surface area (Å²) in [5.74, 6) is 0.631. The van der Waals surface area contributed by atoms with Gasteiger partial charge >= 0.3 is 0 Å². The van der Waals surface area contributed by atoms with E-state index in [-0.39, 0.29) is 0 Å². The number of anilines is 3. The molecule has 0 N–H and O–H groups in total. The van der Waals surface area contributed by atoms with Gasteiger partial charge in [0.25, 0.3) is 0 Å². The van der Waals surface area contributed by atoms with E-state index < -0.39 is 0 Å². The molecule has 9 aromatic rings. The summed E-state index contributed by atoms with van der Waals surface area (Å²) < 4.78 is 9.02. The van der Waals surface area contributed by atoms with Crippen LogP contribution in [-0.2, 0) is 0 Å². The molecule has 0 aliphatic rings. The van der Waals surface area contributed by atoms with Gasteiger partial charge in [-0.05, 0) is 77.2 Å². The zero-order chi connectivity index (χ0) is 29.7. The minimum absolute atomic E-state index is 0.631. The third-order valence-corrected chi connectivity index (χ3v) is 9.60. The maximum Gasteiger partial charge on any atom is 0.227 e. The van der Waals surface area contributed by atoms with Crippen molar-refractivity contribution in [3.63, 3.8) is 0 Å². The van der Waals surface area contributed by atoms with Crippen LogP contribution in [-0.4, -0.2) is 4.98 Å². The van der Waals surface area contributed by atoms with Gasteiger partial charge in [0.15, 0.2) is 5.58 Å². The van der Waals surface area contributed by atoms with Gasteiger partial charge in [0.05, 0.1) is 0 Å². The molecule has 0 radical (unpaired) electrons. The van der Waals surface area contributed by atoms with E-state index in [9.17, 15) is 0 Å². The number of nitrogens with zero attached hydrogens (tertiary/aromatic N) is 2. The van der Waals surface area contributed by atoms with E-state index in [1.54, 1.807) is 0 Å². The number of rotatable bonds is 5. The van der Waals surface area contributed by atoms with Crippen LogP contribution in [0.25, 0.3) is 64.6 Å². The van der Waals surface area contributed by atoms with E-state index in [2.05, 4.69) is 126 Å². The molecular weight excluding hydrogens is 569 g/mol. The molecule has 0 saturated heterocycles. The van der Waals surface area contributed by atoms with Crippen molar-refractivity contribution in [1.29, 1.82) is 0 Å². The molecule has 0 spiro atoms. The molecule has 2 aromatic heterocycles. The first-order valence-electron chi connectivity index (χ1n) is 15.0. The Morgan fingerprint density at radius 3 is 2.00 bits per heavy atom. The summed E-state index contributed by atoms with van der Waals surface area (Å²) in [5.41, 5.74) is 8.22. The molecule has 0 atom stereocenters. The van der Waals surface area contributed by atoms with Gasteiger partial charge < -0.3 is 9.32 Å². The SMILES string of the molecule is c1ccc(-c2cccc(N(c3ccc4c(c3)sc3ccccc34)c3ccc4ccc5nc(-c6ccccc6)oc5c4c3)c2)cc1. The molecule has 0 saturated carbocycles. The molecule has 0 fully saturated rings. The summed E-state index contributed by atoms with van der Waals surface area (Å²) in [6.45, 7) is 0. The molecule has 0 aliphatic carbocycles. The fourth-order valence-corrected chi connectivity index (χ4v) is 7.43. The van der Waals surface area contributed by atoms with Crippen LogP contribution in [0.5, 0.6) is 0 Å². The number of aromatic nitrogens is 1. The molecule has 4 heteroatoms. The number of fused-ring (bicyclic) bond motifs is 6. The standard InChI is InChI=1S/C41H26N2OS/c1-3-10-27(11-4-1)30-14-9-15-31(24-30)43(33-21-22-35-34-16-7-8-17-38(34)45-39(35)26-33)32-20-18-28-19-23-37-40(36(28)25-32)44-41(42-37)29-12-5-2-6-13-29/h1-26H. The molecule has 7 aromatic carbocycles. The lowest BCUT2D eigenvalue weighted by Crippen LogP contribution is -2.10. The summed E-state index contributed by atoms with van der Waals surface area (Å²) >= 11 is 1.84. The van der Waals surface area contributed by atoms with Crippen molar-refractivity contribution in [2.75, 3.05) is 4.90 Å². The van der Waals surface area contributed by atoms with Crippen LogP contribution in [0.15, 0.2) is 162 Å². The summed E-state index contributed by atoms with van der Waals surface area (Å²) in [5, 5.41) is 4.73. The average Bonchev–Trinajstić information content (AvgIpc) is 3.71. The number of oxazole rings is 1. The normalized spacial score (nSPS) is 11.6. The van der Waals surface area contributed by atoms with E-state index in [4.69, 9.17) is 9.40 Å². The van der Waals surface area contributed by atoms with Crippen LogP contribution in [0.1, 0.15) is 0 Å². The Bertz CT molecular complexity index is 2500. The lowest BCUT2D eigenvalue weighted by molar-refractivity contribution is 0.623. The maximum absolute atomic E-state index is 6.45. The van der Waals surface area contributed by atoms with Gasteiger partial charge in [-0.1, -0.05) is 97.1 Å². The zero-order valence-electron chi connectivity index (χ0n) is 24.2. The lowest BCUT2D eigenvalue weighted by Gasteiger charge is -2.26. The monoisotopic (exact) mass is 594 g/mol. The van der Waals surface area contributed by atoms with E-state index in [1.807, 2.05) is 47.7 Å². The molecular formula is C41H26N2OS. The minimum atomic E-state index is 0.631. The zero-order valence-corrected chi connectivity index (χ0v) is 25.0. The van der Waals surface area contributed by atoms with Crippen molar-refractivity contribution >= 4 is 70.4 Å². The Balaban J connectivity index is 1.25. The first kappa shape index (κ1) is 25.8. The van der Waals surface area contributed by atoms with Crippen molar-refractivity contribution in [1.82, 2.24) is 4.98 Å². The van der Waals surface area contributed by atoms with Crippen LogP contribution in [0, 0.1) is 0 Å². The fourth-order valence-electron chi connectivity index (χ4n) is 6.29. The molecule has 0 amide bonds. The quantitative estimate of drug-likeness (QED) is 0.198. The maximum atomic E-state index is 6.45. The third kappa shape index (κ3) is 4.46. The lowest BCUT2D eigenvalue weighted by atomic mass is 10.0. The number of benzene rings is 7. The smallest absolute Gasteiger partial charge is 0.227 e. The van der Waals surface area contributed by atoms with E-state index in [1.165, 1.54) is 31.3 Å². The third-order valence-electron chi connectivity index (χ3n) is 8.47. The Labute approximate surface area is 264 Å². The fraction of sp³-hybridized carbons (Fsp3) is 0. The first-order chi connectivity index (χ1) is 22.3. The number of hydrogen-bond acceptors (Lipinski definition) is 4. The van der Waals surface area contributed by atoms with Crippen LogP contribution in [0.4, 0.5) is 17.1 Å². The van der Waals surface area contributed by atoms with E-state index in [0.717, 1.165) is 44.5 Å². The Morgan fingerprint density at radius 2 is 1.13 bits per heavy atom. The summed E-state index contributed by atoms with van der Waals surface area (Å²) in [6, 6.07) is 55.7. The predicted octanol–water partition coefficient (Wildman–Crippen LogP) is 12.2. The van der Waals surface area contributed by atoms with Crippen LogP contribution >= 0.6 is 11.3 Å². The van der Waals surface area contributed by atoms with Gasteiger partial charge in [-0.15, -0.1) is 11.3 Å². The highest BCUT2D eigenvalue weighted by atomic mass is 32.1. The Hall–Kier alpha value is -5.71. The minimum Gasteiger partial charge on any atom is -0.435 e. The van der Waals surface area contributed by atoms with Gasteiger partial charge in [-0.3, -0.25) is 0 Å². The predicted molar refractivity (Wildman–Crippen MR) is 190 cm³/mol. The largest absolute Gasteiger partial charge is 0.435 e. The summed E-state index contributed by atoms with van der Waals surface area (Å²) in [6.07, 6.45) is 0. The molecule has 9 rings (SSSR count). The van der Waals surface area contributed by atoms with Gasteiger partial charge in [0.1, 0.15) is 5.52 Å². The van der Waals surface area contributed by atoms with Crippen molar-refractivity contribution in [2.24, 2.45) is 0 Å². The van der Waals surface area contributed by atoms with Gasteiger partial charge in [-0.2, -0.15) is 0 Å². The molecule has 212 valence electrons. The first-order valence-corrected chi connectivity index (χ1v) is 15.9. The Morgan fingerprint density at radius 1 is 0.467 bits per heavy atom. The van der Waals surface area contributed by atoms with Gasteiger partial charge in [-0.25, -0.2) is 4.98 Å². The summed E-state index contributed by atoms with van der Waals surface area (Å²) in [4.78, 5) is 7.20. The van der Waals surface area contributed by atoms with E-state index in [0.29, 0.717) is 5.89 Å². The highest BCUT2D eigenvalue weighted by Crippen LogP contribution is 2.42. The highest BCUT2D eigenvalue weighted by Gasteiger charge is 2.18. The topological polar surface area (TPSA) is 29.3 Å². The van der Waals surface area contributed by atoms with Gasteiger partial charge in [0, 0.05) is 48.2 Å². The van der Waals surface area contributed by atoms with E-state index >= 15 is 0 Å². The number of hydrogen-bond donors (Lipinski definition) is 0. The second kappa shape index (κ2) is 10.5. The van der Waals surface area contributed by atoms with Crippen LogP contribution in [0.2, 0.25) is 0 Å². The van der Waals surface area contributed by atoms with Crippen molar-refractivity contribution in [3.8, 4) is 22.6 Å². The second-order valence-corrected chi connectivity index (χ2v) is 12.3. The van der Waals surface area contributed by atoms with Crippen molar-refractivity contribution < 1.29 is 4.42 Å². The molecule has 3 nitrogen and oxygen atoms in total. The molecule has 0 bridgehead atoms. The molecule has 0 unspecified atom stereocenters. The average molecular weight is 595 g/mol. The van der Waals surface area contributed by atoms with Crippen molar-refractivity contribution in [3.05, 3.63) is 158 Å².